The van der Waals surface area contributed by atoms with Gasteiger partial charge in [0.1, 0.15) is 0 Å². The van der Waals surface area contributed by atoms with Crippen LogP contribution in [0.5, 0.6) is 0 Å². The summed E-state index contributed by atoms with van der Waals surface area (Å²) in [6, 6.07) is 17.7. The van der Waals surface area contributed by atoms with E-state index in [0.29, 0.717) is 11.3 Å². The van der Waals surface area contributed by atoms with Gasteiger partial charge in [-0.3, -0.25) is 0 Å². The Hall–Kier alpha value is -2.81. The van der Waals surface area contributed by atoms with E-state index in [9.17, 15) is 9.90 Å². The van der Waals surface area contributed by atoms with Gasteiger partial charge in [0.15, 0.2) is 0 Å². The third-order valence-corrected chi connectivity index (χ3v) is 7.11. The molecule has 3 N–H and O–H groups in total. The average molecular weight is 490 g/mol. The van der Waals surface area contributed by atoms with E-state index in [4.69, 9.17) is 5.73 Å². The maximum absolute atomic E-state index is 12.8. The fraction of sp³-hybridized carbons (Fsp3) is 0.485. The second-order valence-electron chi connectivity index (χ2n) is 10.0. The minimum atomic E-state index is -0.851. The Balaban J connectivity index is 2.27. The number of aliphatic carboxylic acids is 1. The van der Waals surface area contributed by atoms with Crippen LogP contribution >= 0.6 is 0 Å². The van der Waals surface area contributed by atoms with Gasteiger partial charge in [0, 0.05) is 5.69 Å². The van der Waals surface area contributed by atoms with Crippen molar-refractivity contribution in [1.82, 2.24) is 0 Å². The van der Waals surface area contributed by atoms with E-state index in [2.05, 4.69) is 26.8 Å². The lowest BCUT2D eigenvalue weighted by molar-refractivity contribution is -0.132. The lowest BCUT2D eigenvalue weighted by atomic mass is 9.83. The molecule has 0 bridgehead atoms. The lowest BCUT2D eigenvalue weighted by Gasteiger charge is -2.20. The summed E-state index contributed by atoms with van der Waals surface area (Å²) in [5, 5.41) is 10.5. The Kier molecular flexibility index (Phi) is 13.7. The van der Waals surface area contributed by atoms with Crippen molar-refractivity contribution in [1.29, 1.82) is 0 Å². The van der Waals surface area contributed by atoms with E-state index >= 15 is 0 Å². The van der Waals surface area contributed by atoms with Gasteiger partial charge in [0.25, 0.3) is 0 Å². The fourth-order valence-electron chi connectivity index (χ4n) is 4.72. The zero-order valence-electron chi connectivity index (χ0n) is 22.8. The molecule has 2 aromatic carbocycles. The molecule has 0 aliphatic rings. The molecule has 0 heterocycles. The smallest absolute Gasteiger partial charge is 0.336 e. The molecule has 0 saturated heterocycles. The third kappa shape index (κ3) is 10.0. The minimum Gasteiger partial charge on any atom is -0.478 e. The predicted octanol–water partition coefficient (Wildman–Crippen LogP) is 9.55. The molecule has 2 rings (SSSR count). The summed E-state index contributed by atoms with van der Waals surface area (Å²) in [6.45, 7) is 6.50. The van der Waals surface area contributed by atoms with Crippen LogP contribution in [0.25, 0.3) is 11.6 Å². The molecule has 3 nitrogen and oxygen atoms in total. The van der Waals surface area contributed by atoms with E-state index in [1.165, 1.54) is 51.4 Å². The molecule has 3 heteroatoms. The highest BCUT2D eigenvalue weighted by Gasteiger charge is 2.23. The van der Waals surface area contributed by atoms with E-state index < -0.39 is 5.97 Å². The first kappa shape index (κ1) is 29.4. The third-order valence-electron chi connectivity index (χ3n) is 7.11. The number of nitrogens with two attached hydrogens (primary N) is 1. The predicted molar refractivity (Wildman–Crippen MR) is 156 cm³/mol. The summed E-state index contributed by atoms with van der Waals surface area (Å²) in [7, 11) is 0. The molecule has 36 heavy (non-hydrogen) atoms. The highest BCUT2D eigenvalue weighted by atomic mass is 16.4. The van der Waals surface area contributed by atoms with Gasteiger partial charge >= 0.3 is 5.97 Å². The second kappa shape index (κ2) is 16.8. The number of hydrogen-bond donors (Lipinski definition) is 2. The van der Waals surface area contributed by atoms with Crippen LogP contribution in [0.3, 0.4) is 0 Å². The first-order valence-electron chi connectivity index (χ1n) is 14.1. The molecule has 0 spiro atoms. The summed E-state index contributed by atoms with van der Waals surface area (Å²) in [5.74, 6) is -0.718. The SMILES string of the molecule is CCCCCCCCCCCCC(=C(C(=O)O)C(=Cc1ccccc1)C(C)CC)c1ccc(N)cc1. The van der Waals surface area contributed by atoms with Crippen molar-refractivity contribution in [2.45, 2.75) is 97.8 Å². The Bertz CT molecular complexity index is 957. The average Bonchev–Trinajstić information content (AvgIpc) is 2.88. The van der Waals surface area contributed by atoms with Crippen LogP contribution in [0.2, 0.25) is 0 Å². The molecular formula is C33H47NO2. The number of rotatable bonds is 17. The van der Waals surface area contributed by atoms with Crippen molar-refractivity contribution >= 4 is 23.3 Å². The molecule has 196 valence electrons. The molecule has 0 fully saturated rings. The van der Waals surface area contributed by atoms with Crippen LogP contribution < -0.4 is 5.73 Å². The summed E-state index contributed by atoms with van der Waals surface area (Å²) >= 11 is 0. The molecule has 0 radical (unpaired) electrons. The number of carbonyl (C=O) groups is 1. The normalized spacial score (nSPS) is 13.4. The topological polar surface area (TPSA) is 63.3 Å². The molecule has 2 aromatic rings. The largest absolute Gasteiger partial charge is 0.478 e. The first-order valence-corrected chi connectivity index (χ1v) is 14.1. The molecular weight excluding hydrogens is 442 g/mol. The van der Waals surface area contributed by atoms with E-state index in [-0.39, 0.29) is 5.92 Å². The van der Waals surface area contributed by atoms with Crippen molar-refractivity contribution in [3.63, 3.8) is 0 Å². The maximum atomic E-state index is 12.8. The van der Waals surface area contributed by atoms with Crippen molar-refractivity contribution in [3.05, 3.63) is 76.9 Å². The van der Waals surface area contributed by atoms with Gasteiger partial charge in [0.05, 0.1) is 5.57 Å². The number of unbranched alkanes of at least 4 members (excludes halogenated alkanes) is 9. The van der Waals surface area contributed by atoms with Crippen molar-refractivity contribution in [2.75, 3.05) is 5.73 Å². The number of allylic oxidation sites excluding steroid dienone is 1. The highest BCUT2D eigenvalue weighted by Crippen LogP contribution is 2.35. The number of anilines is 1. The number of carboxylic acid groups (broad SMARTS) is 1. The minimum absolute atomic E-state index is 0.132. The molecule has 0 aromatic heterocycles. The molecule has 1 unspecified atom stereocenters. The highest BCUT2D eigenvalue weighted by molar-refractivity contribution is 6.02. The van der Waals surface area contributed by atoms with Gasteiger partial charge in [-0.15, -0.1) is 0 Å². The zero-order chi connectivity index (χ0) is 26.2. The molecule has 0 aliphatic carbocycles. The Morgan fingerprint density at radius 2 is 1.39 bits per heavy atom. The van der Waals surface area contributed by atoms with Crippen LogP contribution in [-0.4, -0.2) is 11.1 Å². The Labute approximate surface area is 219 Å². The summed E-state index contributed by atoms with van der Waals surface area (Å²) in [4.78, 5) is 12.8. The molecule has 1 atom stereocenters. The van der Waals surface area contributed by atoms with Crippen molar-refractivity contribution in [2.24, 2.45) is 5.92 Å². The van der Waals surface area contributed by atoms with Gasteiger partial charge in [-0.05, 0) is 59.6 Å². The summed E-state index contributed by atoms with van der Waals surface area (Å²) in [5.41, 5.74) is 10.9. The van der Waals surface area contributed by atoms with Crippen LogP contribution in [0.4, 0.5) is 5.69 Å². The molecule has 0 aliphatic heterocycles. The summed E-state index contributed by atoms with van der Waals surface area (Å²) in [6.07, 6.45) is 16.3. The van der Waals surface area contributed by atoms with E-state index in [0.717, 1.165) is 48.0 Å². The number of nitrogen functional groups attached to an aromatic ring is 1. The monoisotopic (exact) mass is 489 g/mol. The summed E-state index contributed by atoms with van der Waals surface area (Å²) < 4.78 is 0. The van der Waals surface area contributed by atoms with Crippen molar-refractivity contribution in [3.8, 4) is 0 Å². The van der Waals surface area contributed by atoms with Gasteiger partial charge in [-0.25, -0.2) is 4.79 Å². The fourth-order valence-corrected chi connectivity index (χ4v) is 4.72. The Morgan fingerprint density at radius 1 is 0.833 bits per heavy atom. The number of hydrogen-bond acceptors (Lipinski definition) is 2. The van der Waals surface area contributed by atoms with Crippen LogP contribution in [0.1, 0.15) is 109 Å². The van der Waals surface area contributed by atoms with Crippen LogP contribution in [0, 0.1) is 5.92 Å². The van der Waals surface area contributed by atoms with Gasteiger partial charge in [-0.1, -0.05) is 127 Å². The zero-order valence-corrected chi connectivity index (χ0v) is 22.8. The van der Waals surface area contributed by atoms with Gasteiger partial charge in [-0.2, -0.15) is 0 Å². The lowest BCUT2D eigenvalue weighted by Crippen LogP contribution is -2.13. The van der Waals surface area contributed by atoms with Gasteiger partial charge in [0.2, 0.25) is 0 Å². The first-order chi connectivity index (χ1) is 17.5. The van der Waals surface area contributed by atoms with E-state index in [1.54, 1.807) is 0 Å². The quantitative estimate of drug-likeness (QED) is 0.101. The number of carboxylic acids is 1. The standard InChI is InChI=1S/C33H47NO2/c1-4-6-7-8-9-10-11-12-13-17-20-30(28-21-23-29(34)24-22-28)32(33(35)36)31(26(3)5-2)25-27-18-15-14-16-19-27/h14-16,18-19,21-26H,4-13,17,20,34H2,1-3H3,(H,35,36). The Morgan fingerprint density at radius 3 is 1.92 bits per heavy atom. The molecule has 0 amide bonds. The van der Waals surface area contributed by atoms with Crippen molar-refractivity contribution < 1.29 is 9.90 Å². The maximum Gasteiger partial charge on any atom is 0.336 e. The number of benzene rings is 2. The van der Waals surface area contributed by atoms with Gasteiger partial charge < -0.3 is 10.8 Å². The van der Waals surface area contributed by atoms with Crippen LogP contribution in [0.15, 0.2) is 65.7 Å². The van der Waals surface area contributed by atoms with Crippen LogP contribution in [-0.2, 0) is 4.79 Å². The second-order valence-corrected chi connectivity index (χ2v) is 10.0. The molecule has 0 saturated carbocycles. The van der Waals surface area contributed by atoms with E-state index in [1.807, 2.05) is 54.6 Å².